The number of nitrogens with one attached hydrogen (secondary N) is 1. The van der Waals surface area contributed by atoms with Gasteiger partial charge in [0, 0.05) is 32.0 Å². The lowest BCUT2D eigenvalue weighted by atomic mass is 10.0. The third kappa shape index (κ3) is 9.63. The van der Waals surface area contributed by atoms with Crippen LogP contribution in [0, 0.1) is 0 Å². The first-order valence-electron chi connectivity index (χ1n) is 13.9. The van der Waals surface area contributed by atoms with E-state index in [0.717, 1.165) is 23.8 Å². The van der Waals surface area contributed by atoms with Gasteiger partial charge in [-0.05, 0) is 55.2 Å². The number of ether oxygens (including phenoxy) is 1. The van der Waals surface area contributed by atoms with Crippen LogP contribution in [0.1, 0.15) is 44.2 Å². The van der Waals surface area contributed by atoms with Gasteiger partial charge >= 0.3 is 0 Å². The van der Waals surface area contributed by atoms with Crippen molar-refractivity contribution < 1.29 is 22.7 Å². The number of anilines is 1. The Morgan fingerprint density at radius 2 is 1.49 bits per heavy atom. The molecule has 0 aliphatic carbocycles. The van der Waals surface area contributed by atoms with E-state index in [1.807, 2.05) is 74.5 Å². The van der Waals surface area contributed by atoms with Crippen molar-refractivity contribution in [1.29, 1.82) is 0 Å². The molecular formula is C32H41N3O5S. The van der Waals surface area contributed by atoms with E-state index < -0.39 is 16.1 Å². The van der Waals surface area contributed by atoms with Crippen molar-refractivity contribution >= 4 is 27.5 Å². The number of hydrogen-bond donors (Lipinski definition) is 1. The number of methoxy groups -OCH3 is 1. The molecule has 0 bridgehead atoms. The molecule has 0 spiro atoms. The van der Waals surface area contributed by atoms with Gasteiger partial charge < -0.3 is 15.0 Å². The van der Waals surface area contributed by atoms with Crippen LogP contribution < -0.4 is 14.4 Å². The Bertz CT molecular complexity index is 1350. The third-order valence-corrected chi connectivity index (χ3v) is 8.17. The van der Waals surface area contributed by atoms with E-state index >= 15 is 0 Å². The number of benzene rings is 3. The van der Waals surface area contributed by atoms with Crippen molar-refractivity contribution in [2.75, 3.05) is 24.2 Å². The Hall–Kier alpha value is -3.85. The lowest BCUT2D eigenvalue weighted by molar-refractivity contribution is -0.141. The van der Waals surface area contributed by atoms with E-state index in [2.05, 4.69) is 5.32 Å². The van der Waals surface area contributed by atoms with Gasteiger partial charge in [-0.15, -0.1) is 0 Å². The molecule has 3 aromatic rings. The Balaban J connectivity index is 1.85. The van der Waals surface area contributed by atoms with E-state index in [1.54, 1.807) is 36.3 Å². The van der Waals surface area contributed by atoms with Crippen LogP contribution >= 0.6 is 0 Å². The fraction of sp³-hybridized carbons (Fsp3) is 0.375. The molecule has 3 aromatic carbocycles. The summed E-state index contributed by atoms with van der Waals surface area (Å²) in [6.45, 7) is 4.33. The highest BCUT2D eigenvalue weighted by molar-refractivity contribution is 7.92. The minimum atomic E-state index is -3.59. The summed E-state index contributed by atoms with van der Waals surface area (Å²) in [6.07, 6.45) is 2.65. The Morgan fingerprint density at radius 1 is 0.902 bits per heavy atom. The van der Waals surface area contributed by atoms with Crippen molar-refractivity contribution in [3.8, 4) is 5.75 Å². The van der Waals surface area contributed by atoms with Crippen molar-refractivity contribution in [2.24, 2.45) is 0 Å². The molecule has 9 heteroatoms. The summed E-state index contributed by atoms with van der Waals surface area (Å²) in [5, 5.41) is 3.07. The average Bonchev–Trinajstić information content (AvgIpc) is 2.97. The highest BCUT2D eigenvalue weighted by atomic mass is 32.2. The Morgan fingerprint density at radius 3 is 2.02 bits per heavy atom. The maximum absolute atomic E-state index is 13.9. The normalized spacial score (nSPS) is 12.7. The van der Waals surface area contributed by atoms with Crippen LogP contribution in [0.2, 0.25) is 0 Å². The smallest absolute Gasteiger partial charge is 0.243 e. The molecule has 0 aromatic heterocycles. The average molecular weight is 580 g/mol. The number of hydrogen-bond acceptors (Lipinski definition) is 5. The fourth-order valence-electron chi connectivity index (χ4n) is 4.53. The first-order valence-corrected chi connectivity index (χ1v) is 15.8. The van der Waals surface area contributed by atoms with Crippen LogP contribution in [0.25, 0.3) is 0 Å². The van der Waals surface area contributed by atoms with Crippen molar-refractivity contribution in [3.05, 3.63) is 96.1 Å². The number of carbonyl (C=O) groups excluding carboxylic acids is 2. The van der Waals surface area contributed by atoms with Gasteiger partial charge in [0.15, 0.2) is 0 Å². The molecule has 0 saturated carbocycles. The van der Waals surface area contributed by atoms with Crippen LogP contribution in [0.15, 0.2) is 84.9 Å². The molecule has 220 valence electrons. The zero-order valence-corrected chi connectivity index (χ0v) is 25.1. The summed E-state index contributed by atoms with van der Waals surface area (Å²) in [5.74, 6) is 0.204. The molecule has 3 rings (SSSR count). The van der Waals surface area contributed by atoms with Gasteiger partial charge in [0.1, 0.15) is 11.8 Å². The number of rotatable bonds is 15. The summed E-state index contributed by atoms with van der Waals surface area (Å²) < 4.78 is 31.7. The molecule has 0 radical (unpaired) electrons. The zero-order valence-electron chi connectivity index (χ0n) is 24.3. The predicted octanol–water partition coefficient (Wildman–Crippen LogP) is 4.80. The van der Waals surface area contributed by atoms with Crippen molar-refractivity contribution in [1.82, 2.24) is 10.2 Å². The van der Waals surface area contributed by atoms with E-state index in [0.29, 0.717) is 17.9 Å². The van der Waals surface area contributed by atoms with Crippen LogP contribution in [-0.2, 0) is 32.6 Å². The van der Waals surface area contributed by atoms with E-state index in [-0.39, 0.29) is 43.8 Å². The Kier molecular flexibility index (Phi) is 11.8. The van der Waals surface area contributed by atoms with Crippen LogP contribution in [0.5, 0.6) is 5.75 Å². The minimum absolute atomic E-state index is 0.0396. The first-order chi connectivity index (χ1) is 19.6. The van der Waals surface area contributed by atoms with E-state index in [9.17, 15) is 18.0 Å². The number of nitrogens with zero attached hydrogens (tertiary/aromatic N) is 2. The molecular weight excluding hydrogens is 538 g/mol. The lowest BCUT2D eigenvalue weighted by Gasteiger charge is -2.32. The topological polar surface area (TPSA) is 96.0 Å². The van der Waals surface area contributed by atoms with Crippen molar-refractivity contribution in [3.63, 3.8) is 0 Å². The van der Waals surface area contributed by atoms with Crippen LogP contribution in [0.4, 0.5) is 5.69 Å². The molecule has 8 nitrogen and oxygen atoms in total. The second-order valence-corrected chi connectivity index (χ2v) is 12.1. The quantitative estimate of drug-likeness (QED) is 0.279. The summed E-state index contributed by atoms with van der Waals surface area (Å²) >= 11 is 0. The standard InChI is InChI=1S/C32H41N3O5S/c1-5-25(2)33-32(37)30(23-26-13-8-6-9-14-26)34(24-27-15-10-7-11-16-27)31(36)17-12-22-35(41(4,38)39)28-18-20-29(40-3)21-19-28/h6-11,13-16,18-21,25,30H,5,12,17,22-24H2,1-4H3,(H,33,37)/t25-,30+/m0/s1. The molecule has 0 saturated heterocycles. The molecule has 0 unspecified atom stereocenters. The van der Waals surface area contributed by atoms with Gasteiger partial charge in [-0.3, -0.25) is 13.9 Å². The maximum Gasteiger partial charge on any atom is 0.243 e. The minimum Gasteiger partial charge on any atom is -0.497 e. The number of amides is 2. The summed E-state index contributed by atoms with van der Waals surface area (Å²) in [4.78, 5) is 29.1. The van der Waals surface area contributed by atoms with Gasteiger partial charge in [0.25, 0.3) is 0 Å². The van der Waals surface area contributed by atoms with Crippen molar-refractivity contribution in [2.45, 2.75) is 58.2 Å². The molecule has 0 heterocycles. The number of carbonyl (C=O) groups is 2. The summed E-state index contributed by atoms with van der Waals surface area (Å²) in [6, 6.07) is 25.2. The molecule has 0 aliphatic rings. The van der Waals surface area contributed by atoms with Gasteiger partial charge in [0.05, 0.1) is 19.1 Å². The van der Waals surface area contributed by atoms with Gasteiger partial charge in [-0.1, -0.05) is 67.6 Å². The summed E-state index contributed by atoms with van der Waals surface area (Å²) in [7, 11) is -2.04. The molecule has 2 amide bonds. The third-order valence-electron chi connectivity index (χ3n) is 6.98. The first kappa shape index (κ1) is 31.7. The maximum atomic E-state index is 13.9. The largest absolute Gasteiger partial charge is 0.497 e. The SMILES string of the molecule is CC[C@H](C)NC(=O)[C@@H](Cc1ccccc1)N(Cc1ccccc1)C(=O)CCCN(c1ccc(OC)cc1)S(C)(=O)=O. The second-order valence-electron chi connectivity index (χ2n) is 10.2. The van der Waals surface area contributed by atoms with Gasteiger partial charge in [-0.2, -0.15) is 0 Å². The zero-order chi connectivity index (χ0) is 29.8. The molecule has 1 N–H and O–H groups in total. The highest BCUT2D eigenvalue weighted by Gasteiger charge is 2.31. The molecule has 0 aliphatic heterocycles. The highest BCUT2D eigenvalue weighted by Crippen LogP contribution is 2.23. The number of sulfonamides is 1. The van der Waals surface area contributed by atoms with Gasteiger partial charge in [-0.25, -0.2) is 8.42 Å². The van der Waals surface area contributed by atoms with Crippen LogP contribution in [0.3, 0.4) is 0 Å². The lowest BCUT2D eigenvalue weighted by Crippen LogP contribution is -2.52. The monoisotopic (exact) mass is 579 g/mol. The van der Waals surface area contributed by atoms with Crippen LogP contribution in [-0.4, -0.2) is 57.1 Å². The summed E-state index contributed by atoms with van der Waals surface area (Å²) in [5.41, 5.74) is 2.36. The second kappa shape index (κ2) is 15.2. The Labute approximate surface area is 244 Å². The van der Waals surface area contributed by atoms with E-state index in [1.165, 1.54) is 4.31 Å². The molecule has 0 fully saturated rings. The fourth-order valence-corrected chi connectivity index (χ4v) is 5.49. The van der Waals surface area contributed by atoms with Gasteiger partial charge in [0.2, 0.25) is 21.8 Å². The predicted molar refractivity (Wildman–Crippen MR) is 163 cm³/mol. The molecule has 2 atom stereocenters. The van der Waals surface area contributed by atoms with E-state index in [4.69, 9.17) is 4.74 Å². The molecule has 41 heavy (non-hydrogen) atoms.